The number of hydrogen-bond donors (Lipinski definition) is 1. The van der Waals surface area contributed by atoms with Gasteiger partial charge in [-0.1, -0.05) is 12.8 Å². The lowest BCUT2D eigenvalue weighted by molar-refractivity contribution is 0.628. The van der Waals surface area contributed by atoms with E-state index in [-0.39, 0.29) is 0 Å². The van der Waals surface area contributed by atoms with E-state index in [9.17, 15) is 0 Å². The molecule has 1 fully saturated rings. The molecule has 1 aliphatic carbocycles. The van der Waals surface area contributed by atoms with Gasteiger partial charge in [0, 0.05) is 36.0 Å². The second-order valence-electron chi connectivity index (χ2n) is 4.98. The standard InChI is InChI=1S/C13H23N3S/c1-16-12(8-9-15-16)7-6-11(14)10-17-13-4-2-3-5-13/h8-9,11,13H,2-7,10,14H2,1H3. The van der Waals surface area contributed by atoms with Gasteiger partial charge in [-0.3, -0.25) is 4.68 Å². The van der Waals surface area contributed by atoms with Gasteiger partial charge in [0.15, 0.2) is 0 Å². The van der Waals surface area contributed by atoms with Gasteiger partial charge in [0.25, 0.3) is 0 Å². The van der Waals surface area contributed by atoms with Crippen LogP contribution in [0.15, 0.2) is 12.3 Å². The molecule has 1 atom stereocenters. The van der Waals surface area contributed by atoms with Crippen LogP contribution in [0.2, 0.25) is 0 Å². The van der Waals surface area contributed by atoms with E-state index >= 15 is 0 Å². The maximum absolute atomic E-state index is 6.17. The van der Waals surface area contributed by atoms with Crippen molar-refractivity contribution in [2.24, 2.45) is 12.8 Å². The summed E-state index contributed by atoms with van der Waals surface area (Å²) in [6.07, 6.45) is 9.61. The highest BCUT2D eigenvalue weighted by atomic mass is 32.2. The summed E-state index contributed by atoms with van der Waals surface area (Å²) < 4.78 is 1.94. The smallest absolute Gasteiger partial charge is 0.0492 e. The molecule has 96 valence electrons. The molecule has 1 aromatic heterocycles. The number of rotatable bonds is 6. The first-order chi connectivity index (χ1) is 8.25. The lowest BCUT2D eigenvalue weighted by atomic mass is 10.1. The van der Waals surface area contributed by atoms with Crippen LogP contribution in [-0.2, 0) is 13.5 Å². The lowest BCUT2D eigenvalue weighted by Crippen LogP contribution is -2.25. The molecule has 4 heteroatoms. The highest BCUT2D eigenvalue weighted by molar-refractivity contribution is 7.99. The first-order valence-electron chi connectivity index (χ1n) is 6.60. The molecule has 3 nitrogen and oxygen atoms in total. The summed E-state index contributed by atoms with van der Waals surface area (Å²) in [5.41, 5.74) is 7.45. The molecule has 0 amide bonds. The minimum Gasteiger partial charge on any atom is -0.327 e. The van der Waals surface area contributed by atoms with E-state index < -0.39 is 0 Å². The molecule has 2 rings (SSSR count). The van der Waals surface area contributed by atoms with Crippen LogP contribution in [0.5, 0.6) is 0 Å². The molecule has 1 heterocycles. The molecule has 0 saturated heterocycles. The van der Waals surface area contributed by atoms with Crippen molar-refractivity contribution in [3.05, 3.63) is 18.0 Å². The van der Waals surface area contributed by atoms with Gasteiger partial charge in [-0.05, 0) is 31.7 Å². The minimum atomic E-state index is 0.329. The van der Waals surface area contributed by atoms with Crippen LogP contribution in [0.4, 0.5) is 0 Å². The van der Waals surface area contributed by atoms with Gasteiger partial charge in [-0.15, -0.1) is 0 Å². The zero-order valence-corrected chi connectivity index (χ0v) is 11.5. The van der Waals surface area contributed by atoms with Gasteiger partial charge in [-0.2, -0.15) is 16.9 Å². The van der Waals surface area contributed by atoms with E-state index in [1.165, 1.54) is 31.4 Å². The molecule has 0 aromatic carbocycles. The van der Waals surface area contributed by atoms with Crippen LogP contribution < -0.4 is 5.73 Å². The average Bonchev–Trinajstić information content (AvgIpc) is 2.95. The highest BCUT2D eigenvalue weighted by Gasteiger charge is 2.16. The van der Waals surface area contributed by atoms with Crippen LogP contribution in [0.3, 0.4) is 0 Å². The summed E-state index contributed by atoms with van der Waals surface area (Å²) in [7, 11) is 1.99. The van der Waals surface area contributed by atoms with Gasteiger partial charge in [0.1, 0.15) is 0 Å². The van der Waals surface area contributed by atoms with Crippen molar-refractivity contribution >= 4 is 11.8 Å². The maximum atomic E-state index is 6.17. The van der Waals surface area contributed by atoms with Crippen LogP contribution in [0.1, 0.15) is 37.8 Å². The topological polar surface area (TPSA) is 43.8 Å². The summed E-state index contributed by atoms with van der Waals surface area (Å²) >= 11 is 2.09. The fourth-order valence-electron chi connectivity index (χ4n) is 2.38. The summed E-state index contributed by atoms with van der Waals surface area (Å²) in [4.78, 5) is 0. The molecular weight excluding hydrogens is 230 g/mol. The molecule has 0 bridgehead atoms. The first-order valence-corrected chi connectivity index (χ1v) is 7.64. The Bertz CT molecular complexity index is 331. The fourth-order valence-corrected chi connectivity index (χ4v) is 3.73. The fraction of sp³-hybridized carbons (Fsp3) is 0.769. The van der Waals surface area contributed by atoms with Crippen LogP contribution in [0, 0.1) is 0 Å². The van der Waals surface area contributed by atoms with Crippen molar-refractivity contribution in [1.29, 1.82) is 0 Å². The number of nitrogens with zero attached hydrogens (tertiary/aromatic N) is 2. The molecule has 1 aliphatic rings. The SMILES string of the molecule is Cn1nccc1CCC(N)CSC1CCCC1. The average molecular weight is 253 g/mol. The second-order valence-corrected chi connectivity index (χ2v) is 6.32. The van der Waals surface area contributed by atoms with E-state index in [1.54, 1.807) is 0 Å². The van der Waals surface area contributed by atoms with E-state index in [0.717, 1.165) is 23.8 Å². The highest BCUT2D eigenvalue weighted by Crippen LogP contribution is 2.29. The quantitative estimate of drug-likeness (QED) is 0.846. The van der Waals surface area contributed by atoms with E-state index in [1.807, 2.05) is 17.9 Å². The maximum Gasteiger partial charge on any atom is 0.0492 e. The number of thioether (sulfide) groups is 1. The molecule has 0 radical (unpaired) electrons. The zero-order valence-electron chi connectivity index (χ0n) is 10.6. The summed E-state index contributed by atoms with van der Waals surface area (Å²) in [5, 5.41) is 5.06. The Balaban J connectivity index is 1.63. The van der Waals surface area contributed by atoms with Crippen molar-refractivity contribution in [1.82, 2.24) is 9.78 Å². The van der Waals surface area contributed by atoms with Crippen LogP contribution >= 0.6 is 11.8 Å². The number of hydrogen-bond acceptors (Lipinski definition) is 3. The molecular formula is C13H23N3S. The Labute approximate surface area is 108 Å². The Kier molecular flexibility index (Phi) is 4.92. The summed E-state index contributed by atoms with van der Waals surface area (Å²) in [5.74, 6) is 1.11. The third-order valence-electron chi connectivity index (χ3n) is 3.54. The molecule has 2 N–H and O–H groups in total. The predicted octanol–water partition coefficient (Wildman–Crippen LogP) is 2.36. The third kappa shape index (κ3) is 4.03. The van der Waals surface area contributed by atoms with E-state index in [0.29, 0.717) is 6.04 Å². The molecule has 0 spiro atoms. The van der Waals surface area contributed by atoms with Crippen molar-refractivity contribution in [2.75, 3.05) is 5.75 Å². The summed E-state index contributed by atoms with van der Waals surface area (Å²) in [6.45, 7) is 0. The Morgan fingerprint density at radius 1 is 1.53 bits per heavy atom. The van der Waals surface area contributed by atoms with Crippen molar-refractivity contribution < 1.29 is 0 Å². The van der Waals surface area contributed by atoms with Crippen LogP contribution in [0.25, 0.3) is 0 Å². The van der Waals surface area contributed by atoms with E-state index in [4.69, 9.17) is 5.73 Å². The second kappa shape index (κ2) is 6.45. The largest absolute Gasteiger partial charge is 0.327 e. The lowest BCUT2D eigenvalue weighted by Gasteiger charge is -2.14. The molecule has 0 aliphatic heterocycles. The van der Waals surface area contributed by atoms with Gasteiger partial charge in [-0.25, -0.2) is 0 Å². The predicted molar refractivity (Wildman–Crippen MR) is 74.2 cm³/mol. The van der Waals surface area contributed by atoms with Crippen LogP contribution in [-0.4, -0.2) is 26.8 Å². The summed E-state index contributed by atoms with van der Waals surface area (Å²) in [6, 6.07) is 2.41. The van der Waals surface area contributed by atoms with Gasteiger partial charge >= 0.3 is 0 Å². The number of aryl methyl sites for hydroxylation is 2. The van der Waals surface area contributed by atoms with Gasteiger partial charge in [0.05, 0.1) is 0 Å². The zero-order chi connectivity index (χ0) is 12.1. The minimum absolute atomic E-state index is 0.329. The Morgan fingerprint density at radius 3 is 2.94 bits per heavy atom. The number of nitrogens with two attached hydrogens (primary N) is 1. The molecule has 1 saturated carbocycles. The van der Waals surface area contributed by atoms with Gasteiger partial charge in [0.2, 0.25) is 0 Å². The third-order valence-corrected chi connectivity index (χ3v) is 5.11. The normalized spacial score (nSPS) is 18.7. The molecule has 17 heavy (non-hydrogen) atoms. The number of aromatic nitrogens is 2. The monoisotopic (exact) mass is 253 g/mol. The van der Waals surface area contributed by atoms with E-state index in [2.05, 4.69) is 22.9 Å². The molecule has 1 unspecified atom stereocenters. The Morgan fingerprint density at radius 2 is 2.29 bits per heavy atom. The first kappa shape index (κ1) is 13.0. The van der Waals surface area contributed by atoms with Gasteiger partial charge < -0.3 is 5.73 Å². The Hall–Kier alpha value is -0.480. The molecule has 1 aromatic rings. The van der Waals surface area contributed by atoms with Crippen molar-refractivity contribution in [2.45, 2.75) is 49.8 Å². The van der Waals surface area contributed by atoms with Crippen molar-refractivity contribution in [3.63, 3.8) is 0 Å². The van der Waals surface area contributed by atoms with Crippen molar-refractivity contribution in [3.8, 4) is 0 Å².